The summed E-state index contributed by atoms with van der Waals surface area (Å²) >= 11 is 0. The number of rotatable bonds is 3. The zero-order valence-electron chi connectivity index (χ0n) is 15.1. The Morgan fingerprint density at radius 3 is 1.39 bits per heavy atom. The van der Waals surface area contributed by atoms with Crippen molar-refractivity contribution < 1.29 is 35.9 Å². The first-order chi connectivity index (χ1) is 12.8. The van der Waals surface area contributed by atoms with Crippen LogP contribution in [0.15, 0.2) is 46.6 Å². The third kappa shape index (κ3) is 2.67. The van der Waals surface area contributed by atoms with Crippen LogP contribution in [0.4, 0.5) is 26.3 Å². The molecule has 4 rings (SSSR count). The Labute approximate surface area is 157 Å². The molecule has 0 fully saturated rings. The summed E-state index contributed by atoms with van der Waals surface area (Å²) in [6, 6.07) is 0. The summed E-state index contributed by atoms with van der Waals surface area (Å²) in [4.78, 5) is 11.8. The highest BCUT2D eigenvalue weighted by atomic mass is 19.4. The van der Waals surface area contributed by atoms with E-state index in [0.717, 1.165) is 6.92 Å². The highest BCUT2D eigenvalue weighted by Gasteiger charge is 2.60. The third-order valence-corrected chi connectivity index (χ3v) is 6.22. The van der Waals surface area contributed by atoms with Crippen molar-refractivity contribution >= 4 is 5.97 Å². The van der Waals surface area contributed by atoms with Crippen LogP contribution in [0.5, 0.6) is 0 Å². The fraction of sp³-hybridized carbons (Fsp3) is 0.550. The number of carbonyl (C=O) groups is 1. The molecule has 0 aliphatic heterocycles. The van der Waals surface area contributed by atoms with E-state index in [1.54, 1.807) is 12.2 Å². The first kappa shape index (κ1) is 19.3. The zero-order valence-corrected chi connectivity index (χ0v) is 15.1. The van der Waals surface area contributed by atoms with Gasteiger partial charge in [-0.2, -0.15) is 26.3 Å². The number of allylic oxidation sites excluding steroid dienone is 6. The average molecular weight is 404 g/mol. The van der Waals surface area contributed by atoms with E-state index in [-0.39, 0.29) is 24.0 Å². The minimum absolute atomic E-state index is 0.138. The van der Waals surface area contributed by atoms with Crippen molar-refractivity contribution in [3.8, 4) is 0 Å². The first-order valence-corrected chi connectivity index (χ1v) is 9.03. The van der Waals surface area contributed by atoms with Gasteiger partial charge in [0.25, 0.3) is 0 Å². The Kier molecular flexibility index (Phi) is 3.98. The SMILES string of the molecule is CC(=O)OC(C)(C1=C(C(F)(F)F)C2C=CC1C2)C1=C(C(F)(F)F)C2C=CC1C2. The van der Waals surface area contributed by atoms with Crippen molar-refractivity contribution in [2.75, 3.05) is 0 Å². The van der Waals surface area contributed by atoms with Crippen molar-refractivity contribution in [1.82, 2.24) is 0 Å². The van der Waals surface area contributed by atoms with E-state index in [4.69, 9.17) is 4.74 Å². The Hall–Kier alpha value is -1.99. The molecule has 0 spiro atoms. The molecule has 0 N–H and O–H groups in total. The van der Waals surface area contributed by atoms with Gasteiger partial charge in [-0.3, -0.25) is 4.79 Å². The van der Waals surface area contributed by atoms with Crippen molar-refractivity contribution in [2.45, 2.75) is 44.6 Å². The molecule has 152 valence electrons. The molecular formula is C20H18F6O2. The van der Waals surface area contributed by atoms with Crippen LogP contribution >= 0.6 is 0 Å². The van der Waals surface area contributed by atoms with Crippen LogP contribution < -0.4 is 0 Å². The second kappa shape index (κ2) is 5.76. The maximum absolute atomic E-state index is 13.9. The number of alkyl halides is 6. The molecule has 0 aromatic heterocycles. The Morgan fingerprint density at radius 2 is 1.11 bits per heavy atom. The van der Waals surface area contributed by atoms with Crippen LogP contribution in [-0.2, 0) is 9.53 Å². The van der Waals surface area contributed by atoms with Gasteiger partial charge in [-0.15, -0.1) is 0 Å². The number of carbonyl (C=O) groups excluding carboxylic acids is 1. The van der Waals surface area contributed by atoms with Gasteiger partial charge in [-0.25, -0.2) is 0 Å². The molecular weight excluding hydrogens is 386 g/mol. The van der Waals surface area contributed by atoms with Gasteiger partial charge in [0.05, 0.1) is 0 Å². The second-order valence-electron chi connectivity index (χ2n) is 7.94. The number of fused-ring (bicyclic) bond motifs is 4. The summed E-state index contributed by atoms with van der Waals surface area (Å²) in [6.07, 6.45) is -3.13. The van der Waals surface area contributed by atoms with Crippen molar-refractivity contribution in [2.24, 2.45) is 23.7 Å². The van der Waals surface area contributed by atoms with E-state index in [9.17, 15) is 31.1 Å². The molecule has 4 bridgehead atoms. The molecule has 0 amide bonds. The maximum atomic E-state index is 13.9. The fourth-order valence-electron chi connectivity index (χ4n) is 5.54. The molecule has 4 aliphatic carbocycles. The van der Waals surface area contributed by atoms with Crippen LogP contribution in [-0.4, -0.2) is 23.9 Å². The smallest absolute Gasteiger partial charge is 0.413 e. The molecule has 0 saturated carbocycles. The van der Waals surface area contributed by atoms with E-state index in [0.29, 0.717) is 0 Å². The predicted octanol–water partition coefficient (Wildman–Crippen LogP) is 5.44. The van der Waals surface area contributed by atoms with Gasteiger partial charge < -0.3 is 4.74 Å². The van der Waals surface area contributed by atoms with Gasteiger partial charge in [0.1, 0.15) is 0 Å². The summed E-state index contributed by atoms with van der Waals surface area (Å²) in [5.74, 6) is -4.14. The molecule has 0 heterocycles. The van der Waals surface area contributed by atoms with Gasteiger partial charge in [-0.1, -0.05) is 24.3 Å². The Bertz CT molecular complexity index is 795. The zero-order chi connectivity index (χ0) is 20.6. The molecule has 4 aliphatic rings. The van der Waals surface area contributed by atoms with E-state index < -0.39 is 58.7 Å². The third-order valence-electron chi connectivity index (χ3n) is 6.22. The lowest BCUT2D eigenvalue weighted by Gasteiger charge is -2.39. The maximum Gasteiger partial charge on any atom is 0.413 e. The van der Waals surface area contributed by atoms with Crippen molar-refractivity contribution in [1.29, 1.82) is 0 Å². The summed E-state index contributed by atoms with van der Waals surface area (Å²) < 4.78 is 88.5. The van der Waals surface area contributed by atoms with Crippen LogP contribution in [0.3, 0.4) is 0 Å². The van der Waals surface area contributed by atoms with Crippen molar-refractivity contribution in [3.05, 3.63) is 46.6 Å². The number of hydrogen-bond donors (Lipinski definition) is 0. The fourth-order valence-corrected chi connectivity index (χ4v) is 5.54. The van der Waals surface area contributed by atoms with E-state index >= 15 is 0 Å². The lowest BCUT2D eigenvalue weighted by atomic mass is 9.74. The minimum atomic E-state index is -4.71. The van der Waals surface area contributed by atoms with Crippen LogP contribution in [0.1, 0.15) is 26.7 Å². The second-order valence-corrected chi connectivity index (χ2v) is 7.94. The highest BCUT2D eigenvalue weighted by molar-refractivity contribution is 5.69. The lowest BCUT2D eigenvalue weighted by molar-refractivity contribution is -0.151. The standard InChI is InChI=1S/C20H18F6O2/c1-9(27)28-18(2,14-10-3-5-12(7-10)16(14)19(21,22)23)15-11-4-6-13(8-11)17(15)20(24,25)26/h3-6,10-13H,7-8H2,1-2H3. The molecule has 0 radical (unpaired) electrons. The quantitative estimate of drug-likeness (QED) is 0.356. The molecule has 0 aromatic carbocycles. The number of halogens is 6. The average Bonchev–Trinajstić information content (AvgIpc) is 3.29. The summed E-state index contributed by atoms with van der Waals surface area (Å²) in [5.41, 5.74) is -4.33. The van der Waals surface area contributed by atoms with Crippen LogP contribution in [0.25, 0.3) is 0 Å². The molecule has 0 saturated heterocycles. The predicted molar refractivity (Wildman–Crippen MR) is 87.8 cm³/mol. The minimum Gasteiger partial charge on any atom is -0.450 e. The van der Waals surface area contributed by atoms with Crippen molar-refractivity contribution in [3.63, 3.8) is 0 Å². The van der Waals surface area contributed by atoms with Gasteiger partial charge in [0.15, 0.2) is 5.60 Å². The topological polar surface area (TPSA) is 26.3 Å². The summed E-state index contributed by atoms with van der Waals surface area (Å²) in [5, 5.41) is 0. The highest BCUT2D eigenvalue weighted by Crippen LogP contribution is 2.61. The first-order valence-electron chi connectivity index (χ1n) is 9.03. The Morgan fingerprint density at radius 1 is 0.786 bits per heavy atom. The summed E-state index contributed by atoms with van der Waals surface area (Å²) in [6.45, 7) is 2.20. The number of hydrogen-bond acceptors (Lipinski definition) is 2. The number of esters is 1. The largest absolute Gasteiger partial charge is 0.450 e. The van der Waals surface area contributed by atoms with Gasteiger partial charge in [0, 0.05) is 41.7 Å². The molecule has 8 heteroatoms. The lowest BCUT2D eigenvalue weighted by Crippen LogP contribution is -2.42. The van der Waals surface area contributed by atoms with Gasteiger partial charge in [0.2, 0.25) is 0 Å². The van der Waals surface area contributed by atoms with Crippen LogP contribution in [0.2, 0.25) is 0 Å². The van der Waals surface area contributed by atoms with Gasteiger partial charge >= 0.3 is 18.3 Å². The van der Waals surface area contributed by atoms with E-state index in [2.05, 4.69) is 0 Å². The Balaban J connectivity index is 1.98. The number of ether oxygens (including phenoxy) is 1. The van der Waals surface area contributed by atoms with E-state index in [1.807, 2.05) is 0 Å². The van der Waals surface area contributed by atoms with Gasteiger partial charge in [-0.05, 0) is 30.9 Å². The molecule has 4 atom stereocenters. The van der Waals surface area contributed by atoms with Crippen LogP contribution in [0, 0.1) is 23.7 Å². The van der Waals surface area contributed by atoms with E-state index in [1.165, 1.54) is 19.1 Å². The molecule has 28 heavy (non-hydrogen) atoms. The summed E-state index contributed by atoms with van der Waals surface area (Å²) in [7, 11) is 0. The normalized spacial score (nSPS) is 33.3. The monoisotopic (exact) mass is 404 g/mol. The molecule has 2 nitrogen and oxygen atoms in total. The molecule has 4 unspecified atom stereocenters. The molecule has 0 aromatic rings.